The van der Waals surface area contributed by atoms with Gasteiger partial charge in [-0.05, 0) is 34.1 Å². The molecule has 0 saturated carbocycles. The maximum absolute atomic E-state index is 12.7. The fraction of sp³-hybridized carbons (Fsp3) is 0.333. The number of rotatable bonds is 3. The minimum atomic E-state index is -4.57. The molecule has 1 aromatic carbocycles. The first-order valence-corrected chi connectivity index (χ1v) is 8.54. The number of fused-ring (bicyclic) bond motifs is 1. The molecule has 1 saturated heterocycles. The summed E-state index contributed by atoms with van der Waals surface area (Å²) < 4.78 is 34.9. The van der Waals surface area contributed by atoms with Crippen molar-refractivity contribution in [3.63, 3.8) is 0 Å². The SMILES string of the molecule is O=C1CC(CS(=O)(=O)F)CN1c1ccc2c(Br)[nH]nc2c1. The monoisotopic (exact) mass is 375 g/mol. The minimum Gasteiger partial charge on any atom is -0.312 e. The highest BCUT2D eigenvalue weighted by atomic mass is 79.9. The van der Waals surface area contributed by atoms with E-state index in [-0.39, 0.29) is 18.9 Å². The predicted molar refractivity (Wildman–Crippen MR) is 79.1 cm³/mol. The van der Waals surface area contributed by atoms with Gasteiger partial charge in [0, 0.05) is 30.0 Å². The zero-order chi connectivity index (χ0) is 15.2. The first kappa shape index (κ1) is 14.5. The molecule has 1 N–H and O–H groups in total. The molecule has 2 heterocycles. The minimum absolute atomic E-state index is 0.0332. The van der Waals surface area contributed by atoms with Crippen molar-refractivity contribution in [3.05, 3.63) is 22.8 Å². The molecule has 1 fully saturated rings. The molecule has 1 aliphatic heterocycles. The Morgan fingerprint density at radius 2 is 2.24 bits per heavy atom. The van der Waals surface area contributed by atoms with E-state index in [4.69, 9.17) is 0 Å². The second-order valence-corrected chi connectivity index (χ2v) is 7.22. The number of nitrogens with one attached hydrogen (secondary N) is 1. The average Bonchev–Trinajstić information content (AvgIpc) is 2.91. The van der Waals surface area contributed by atoms with Crippen LogP contribution in [0.25, 0.3) is 10.9 Å². The van der Waals surface area contributed by atoms with Gasteiger partial charge in [0.1, 0.15) is 4.60 Å². The molecule has 21 heavy (non-hydrogen) atoms. The van der Waals surface area contributed by atoms with Gasteiger partial charge in [0.15, 0.2) is 0 Å². The Morgan fingerprint density at radius 3 is 2.95 bits per heavy atom. The van der Waals surface area contributed by atoms with Crippen molar-refractivity contribution >= 4 is 48.7 Å². The normalized spacial score (nSPS) is 19.6. The number of benzene rings is 1. The second kappa shape index (κ2) is 5.06. The Bertz CT molecular complexity index is 820. The lowest BCUT2D eigenvalue weighted by molar-refractivity contribution is -0.117. The topological polar surface area (TPSA) is 83.1 Å². The average molecular weight is 376 g/mol. The number of aromatic amines is 1. The number of hydrogen-bond acceptors (Lipinski definition) is 4. The molecule has 112 valence electrons. The Balaban J connectivity index is 1.87. The molecule has 2 aromatic rings. The molecule has 1 amide bonds. The lowest BCUT2D eigenvalue weighted by atomic mass is 10.1. The van der Waals surface area contributed by atoms with Crippen LogP contribution in [0.5, 0.6) is 0 Å². The standard InChI is InChI=1S/C12H11BrFN3O3S/c13-12-9-2-1-8(4-10(9)15-16-12)17-5-7(3-11(17)18)6-21(14,19)20/h1-2,4,7H,3,5-6H2,(H,15,16). The van der Waals surface area contributed by atoms with Crippen LogP contribution in [-0.2, 0) is 15.0 Å². The molecule has 1 atom stereocenters. The van der Waals surface area contributed by atoms with Crippen LogP contribution >= 0.6 is 15.9 Å². The molecule has 3 rings (SSSR count). The molecule has 9 heteroatoms. The quantitative estimate of drug-likeness (QED) is 0.831. The number of halogens is 2. The van der Waals surface area contributed by atoms with Crippen molar-refractivity contribution < 1.29 is 17.1 Å². The van der Waals surface area contributed by atoms with Crippen LogP contribution in [0, 0.1) is 5.92 Å². The lowest BCUT2D eigenvalue weighted by Crippen LogP contribution is -2.25. The van der Waals surface area contributed by atoms with Crippen LogP contribution < -0.4 is 4.90 Å². The molecule has 0 bridgehead atoms. The zero-order valence-electron chi connectivity index (χ0n) is 10.7. The lowest BCUT2D eigenvalue weighted by Gasteiger charge is -2.16. The first-order chi connectivity index (χ1) is 9.83. The maximum atomic E-state index is 12.7. The number of carbonyl (C=O) groups excluding carboxylic acids is 1. The van der Waals surface area contributed by atoms with Crippen LogP contribution in [0.1, 0.15) is 6.42 Å². The molecule has 1 unspecified atom stereocenters. The molecular weight excluding hydrogens is 365 g/mol. The third kappa shape index (κ3) is 2.93. The van der Waals surface area contributed by atoms with E-state index in [1.807, 2.05) is 6.07 Å². The fourth-order valence-corrected chi connectivity index (χ4v) is 3.77. The van der Waals surface area contributed by atoms with Crippen molar-refractivity contribution in [3.8, 4) is 0 Å². The number of amides is 1. The van der Waals surface area contributed by atoms with Gasteiger partial charge in [-0.3, -0.25) is 9.89 Å². The summed E-state index contributed by atoms with van der Waals surface area (Å²) in [6.45, 7) is 0.194. The van der Waals surface area contributed by atoms with Crippen LogP contribution in [0.3, 0.4) is 0 Å². The van der Waals surface area contributed by atoms with Gasteiger partial charge in [-0.15, -0.1) is 3.89 Å². The predicted octanol–water partition coefficient (Wildman–Crippen LogP) is 1.98. The van der Waals surface area contributed by atoms with Crippen molar-refractivity contribution in [1.29, 1.82) is 0 Å². The molecule has 0 aliphatic carbocycles. The van der Waals surface area contributed by atoms with Gasteiger partial charge >= 0.3 is 10.2 Å². The highest BCUT2D eigenvalue weighted by Gasteiger charge is 2.33. The molecule has 1 aliphatic rings. The number of anilines is 1. The van der Waals surface area contributed by atoms with Crippen LogP contribution in [-0.4, -0.2) is 36.8 Å². The Morgan fingerprint density at radius 1 is 1.48 bits per heavy atom. The third-order valence-corrected chi connectivity index (χ3v) is 4.92. The molecule has 6 nitrogen and oxygen atoms in total. The summed E-state index contributed by atoms with van der Waals surface area (Å²) >= 11 is 3.32. The van der Waals surface area contributed by atoms with E-state index in [2.05, 4.69) is 26.1 Å². The van der Waals surface area contributed by atoms with Gasteiger partial charge in [-0.1, -0.05) is 0 Å². The number of hydrogen-bond donors (Lipinski definition) is 1. The number of nitrogens with zero attached hydrogens (tertiary/aromatic N) is 2. The van der Waals surface area contributed by atoms with Gasteiger partial charge in [-0.25, -0.2) is 0 Å². The fourth-order valence-electron chi connectivity index (χ4n) is 2.56. The van der Waals surface area contributed by atoms with E-state index < -0.39 is 21.9 Å². The summed E-state index contributed by atoms with van der Waals surface area (Å²) in [5.74, 6) is -1.35. The van der Waals surface area contributed by atoms with Gasteiger partial charge in [0.25, 0.3) is 0 Å². The summed E-state index contributed by atoms with van der Waals surface area (Å²) in [6, 6.07) is 5.30. The van der Waals surface area contributed by atoms with E-state index >= 15 is 0 Å². The zero-order valence-corrected chi connectivity index (χ0v) is 13.1. The highest BCUT2D eigenvalue weighted by Crippen LogP contribution is 2.30. The van der Waals surface area contributed by atoms with E-state index in [1.54, 1.807) is 12.1 Å². The van der Waals surface area contributed by atoms with Crippen molar-refractivity contribution in [2.24, 2.45) is 5.92 Å². The molecular formula is C12H11BrFN3O3S. The van der Waals surface area contributed by atoms with Gasteiger partial charge in [-0.2, -0.15) is 13.5 Å². The summed E-state index contributed by atoms with van der Waals surface area (Å²) in [6.07, 6.45) is 0.0332. The third-order valence-electron chi connectivity index (χ3n) is 3.44. The van der Waals surface area contributed by atoms with E-state index in [0.717, 1.165) is 9.99 Å². The van der Waals surface area contributed by atoms with Crippen LogP contribution in [0.15, 0.2) is 22.8 Å². The van der Waals surface area contributed by atoms with Crippen molar-refractivity contribution in [2.75, 3.05) is 17.2 Å². The van der Waals surface area contributed by atoms with Crippen molar-refractivity contribution in [2.45, 2.75) is 6.42 Å². The summed E-state index contributed by atoms with van der Waals surface area (Å²) in [5, 5.41) is 7.75. The summed E-state index contributed by atoms with van der Waals surface area (Å²) in [5.41, 5.74) is 1.32. The number of carbonyl (C=O) groups is 1. The van der Waals surface area contributed by atoms with E-state index in [0.29, 0.717) is 11.2 Å². The molecule has 0 radical (unpaired) electrons. The summed E-state index contributed by atoms with van der Waals surface area (Å²) in [7, 11) is -4.57. The van der Waals surface area contributed by atoms with Gasteiger partial charge < -0.3 is 4.90 Å². The highest BCUT2D eigenvalue weighted by molar-refractivity contribution is 9.10. The molecule has 1 aromatic heterocycles. The smallest absolute Gasteiger partial charge is 0.302 e. The molecule has 0 spiro atoms. The largest absolute Gasteiger partial charge is 0.312 e. The second-order valence-electron chi connectivity index (χ2n) is 5.02. The Labute approximate surface area is 128 Å². The number of aromatic nitrogens is 2. The maximum Gasteiger partial charge on any atom is 0.302 e. The summed E-state index contributed by atoms with van der Waals surface area (Å²) in [4.78, 5) is 13.5. The van der Waals surface area contributed by atoms with Crippen LogP contribution in [0.4, 0.5) is 9.57 Å². The first-order valence-electron chi connectivity index (χ1n) is 6.20. The van der Waals surface area contributed by atoms with Gasteiger partial charge in [0.2, 0.25) is 5.91 Å². The van der Waals surface area contributed by atoms with E-state index in [9.17, 15) is 17.1 Å². The number of H-pyrrole nitrogens is 1. The van der Waals surface area contributed by atoms with E-state index in [1.165, 1.54) is 4.90 Å². The Kier molecular flexibility index (Phi) is 3.48. The van der Waals surface area contributed by atoms with Gasteiger partial charge in [0.05, 0.1) is 11.3 Å². The van der Waals surface area contributed by atoms with Crippen molar-refractivity contribution in [1.82, 2.24) is 10.2 Å². The Hall–Kier alpha value is -1.48. The van der Waals surface area contributed by atoms with Crippen LogP contribution in [0.2, 0.25) is 0 Å².